The van der Waals surface area contributed by atoms with Crippen molar-refractivity contribution in [3.63, 3.8) is 0 Å². The molecule has 1 aliphatic heterocycles. The number of rotatable bonds is 7. The summed E-state index contributed by atoms with van der Waals surface area (Å²) in [5, 5.41) is 10.6. The molecule has 7 nitrogen and oxygen atoms in total. The molecule has 0 spiro atoms. The fourth-order valence-corrected chi connectivity index (χ4v) is 5.80. The van der Waals surface area contributed by atoms with Gasteiger partial charge in [-0.3, -0.25) is 9.59 Å². The summed E-state index contributed by atoms with van der Waals surface area (Å²) in [5.41, 5.74) is 3.21. The molecular formula is C32H42ClNO6. The number of methoxy groups -OCH3 is 1. The van der Waals surface area contributed by atoms with Crippen LogP contribution in [0.25, 0.3) is 0 Å². The first-order valence-corrected chi connectivity index (χ1v) is 14.6. The summed E-state index contributed by atoms with van der Waals surface area (Å²) >= 11 is 6.30. The number of carbonyl (C=O) groups is 2. The predicted molar refractivity (Wildman–Crippen MR) is 156 cm³/mol. The van der Waals surface area contributed by atoms with E-state index < -0.39 is 23.5 Å². The third-order valence-corrected chi connectivity index (χ3v) is 8.18. The minimum absolute atomic E-state index is 0.118. The van der Waals surface area contributed by atoms with Crippen LogP contribution >= 0.6 is 11.6 Å². The molecular weight excluding hydrogens is 530 g/mol. The smallest absolute Gasteiger partial charge is 0.313 e. The van der Waals surface area contributed by atoms with E-state index in [2.05, 4.69) is 4.90 Å². The lowest BCUT2D eigenvalue weighted by Gasteiger charge is -2.40. The van der Waals surface area contributed by atoms with Gasteiger partial charge < -0.3 is 24.2 Å². The Bertz CT molecular complexity index is 1190. The Hall–Kier alpha value is -2.77. The van der Waals surface area contributed by atoms with Crippen LogP contribution in [0.5, 0.6) is 5.75 Å². The van der Waals surface area contributed by atoms with E-state index >= 15 is 0 Å². The summed E-state index contributed by atoms with van der Waals surface area (Å²) in [6.45, 7) is 7.60. The van der Waals surface area contributed by atoms with Gasteiger partial charge in [-0.1, -0.05) is 23.7 Å². The monoisotopic (exact) mass is 571 g/mol. The van der Waals surface area contributed by atoms with Crippen molar-refractivity contribution in [1.82, 2.24) is 0 Å². The summed E-state index contributed by atoms with van der Waals surface area (Å²) in [6, 6.07) is 11.6. The van der Waals surface area contributed by atoms with E-state index in [-0.39, 0.29) is 13.0 Å². The number of hydrogen-bond acceptors (Lipinski definition) is 7. The Labute approximate surface area is 242 Å². The molecule has 1 N–H and O–H groups in total. The summed E-state index contributed by atoms with van der Waals surface area (Å²) in [7, 11) is 1.33. The van der Waals surface area contributed by atoms with Gasteiger partial charge in [-0.2, -0.15) is 0 Å². The minimum atomic E-state index is -0.804. The van der Waals surface area contributed by atoms with E-state index in [0.717, 1.165) is 61.5 Å². The molecule has 2 aliphatic rings. The van der Waals surface area contributed by atoms with Crippen molar-refractivity contribution in [3.05, 3.63) is 58.1 Å². The van der Waals surface area contributed by atoms with Crippen LogP contribution in [-0.2, 0) is 32.1 Å². The SMILES string of the molecule is COC(=O)[C@H](CC(=O)OC(C)(C)C)c1ccc2c(c1)N(C[C@@H]1CC[C@H]1CO)CCCCc1cc(Cl)ccc1CO2. The molecule has 0 radical (unpaired) electrons. The number of aliphatic hydroxyl groups is 1. The van der Waals surface area contributed by atoms with Crippen LogP contribution in [0.1, 0.15) is 75.5 Å². The van der Waals surface area contributed by atoms with Gasteiger partial charge in [-0.25, -0.2) is 0 Å². The van der Waals surface area contributed by atoms with E-state index in [9.17, 15) is 14.7 Å². The van der Waals surface area contributed by atoms with Crippen molar-refractivity contribution in [1.29, 1.82) is 0 Å². The van der Waals surface area contributed by atoms with Gasteiger partial charge in [0.2, 0.25) is 0 Å². The van der Waals surface area contributed by atoms with Crippen molar-refractivity contribution in [3.8, 4) is 5.75 Å². The third-order valence-electron chi connectivity index (χ3n) is 7.94. The van der Waals surface area contributed by atoms with Gasteiger partial charge >= 0.3 is 11.9 Å². The second kappa shape index (κ2) is 13.3. The van der Waals surface area contributed by atoms with Crippen molar-refractivity contribution in [2.24, 2.45) is 11.8 Å². The lowest BCUT2D eigenvalue weighted by molar-refractivity contribution is -0.158. The Morgan fingerprint density at radius 2 is 1.88 bits per heavy atom. The number of nitrogens with zero attached hydrogens (tertiary/aromatic N) is 1. The van der Waals surface area contributed by atoms with Crippen molar-refractivity contribution < 1.29 is 28.9 Å². The lowest BCUT2D eigenvalue weighted by Crippen LogP contribution is -2.40. The van der Waals surface area contributed by atoms with Crippen molar-refractivity contribution in [2.75, 3.05) is 31.7 Å². The number of ether oxygens (including phenoxy) is 3. The predicted octanol–water partition coefficient (Wildman–Crippen LogP) is 6.07. The molecule has 2 aromatic carbocycles. The second-order valence-corrected chi connectivity index (χ2v) is 12.4. The molecule has 1 aliphatic carbocycles. The normalized spacial score (nSPS) is 20.1. The van der Waals surface area contributed by atoms with Gasteiger partial charge in [0.05, 0.1) is 25.1 Å². The van der Waals surface area contributed by atoms with Gasteiger partial charge in [0.25, 0.3) is 0 Å². The Balaban J connectivity index is 1.70. The zero-order valence-electron chi connectivity index (χ0n) is 24.1. The standard InChI is InChI=1S/C32H42ClNO6/c1-32(2,3)40-30(36)17-27(31(37)38-4)22-11-13-29-28(16-22)34(18-23-8-9-24(23)19-35)14-6-5-7-21-15-26(33)12-10-25(21)20-39-29/h10-13,15-16,23-24,27,35H,5-9,14,17-20H2,1-4H3/t23-,24-,27+/m0/s1. The lowest BCUT2D eigenvalue weighted by atomic mass is 9.74. The molecule has 0 bridgehead atoms. The molecule has 0 aromatic heterocycles. The molecule has 1 heterocycles. The summed E-state index contributed by atoms with van der Waals surface area (Å²) in [6.07, 6.45) is 4.87. The number of aryl methyl sites for hydroxylation is 1. The molecule has 1 saturated carbocycles. The molecule has 0 amide bonds. The van der Waals surface area contributed by atoms with Crippen molar-refractivity contribution >= 4 is 29.2 Å². The number of aliphatic hydroxyl groups excluding tert-OH is 1. The van der Waals surface area contributed by atoms with E-state index in [4.69, 9.17) is 25.8 Å². The Kier molecular flexibility index (Phi) is 10.0. The average Bonchev–Trinajstić information content (AvgIpc) is 2.91. The van der Waals surface area contributed by atoms with Gasteiger partial charge in [0.15, 0.2) is 0 Å². The number of fused-ring (bicyclic) bond motifs is 2. The number of esters is 2. The molecule has 218 valence electrons. The summed E-state index contributed by atoms with van der Waals surface area (Å²) < 4.78 is 17.1. The fourth-order valence-electron chi connectivity index (χ4n) is 5.60. The molecule has 2 aromatic rings. The van der Waals surface area contributed by atoms with Crippen LogP contribution in [0.4, 0.5) is 5.69 Å². The maximum absolute atomic E-state index is 12.9. The minimum Gasteiger partial charge on any atom is -0.487 e. The summed E-state index contributed by atoms with van der Waals surface area (Å²) in [4.78, 5) is 28.0. The number of benzene rings is 2. The van der Waals surface area contributed by atoms with E-state index in [0.29, 0.717) is 29.8 Å². The molecule has 0 saturated heterocycles. The summed E-state index contributed by atoms with van der Waals surface area (Å²) in [5.74, 6) is -0.342. The first-order chi connectivity index (χ1) is 19.1. The van der Waals surface area contributed by atoms with Gasteiger partial charge in [-0.05, 0) is 106 Å². The van der Waals surface area contributed by atoms with Gasteiger partial charge in [0.1, 0.15) is 18.0 Å². The molecule has 1 fully saturated rings. The van der Waals surface area contributed by atoms with Gasteiger partial charge in [0, 0.05) is 24.7 Å². The first-order valence-electron chi connectivity index (χ1n) is 14.3. The topological polar surface area (TPSA) is 85.3 Å². The van der Waals surface area contributed by atoms with Crippen LogP contribution in [-0.4, -0.2) is 49.5 Å². The number of carbonyl (C=O) groups excluding carboxylic acids is 2. The molecule has 8 heteroatoms. The van der Waals surface area contributed by atoms with Crippen LogP contribution < -0.4 is 9.64 Å². The highest BCUT2D eigenvalue weighted by atomic mass is 35.5. The maximum atomic E-state index is 12.9. The highest BCUT2D eigenvalue weighted by Gasteiger charge is 2.33. The first kappa shape index (κ1) is 30.2. The Morgan fingerprint density at radius 3 is 2.55 bits per heavy atom. The zero-order chi connectivity index (χ0) is 28.9. The van der Waals surface area contributed by atoms with Crippen LogP contribution in [0.15, 0.2) is 36.4 Å². The van der Waals surface area contributed by atoms with Gasteiger partial charge in [-0.15, -0.1) is 0 Å². The molecule has 0 unspecified atom stereocenters. The maximum Gasteiger partial charge on any atom is 0.313 e. The Morgan fingerprint density at radius 1 is 1.10 bits per heavy atom. The highest BCUT2D eigenvalue weighted by molar-refractivity contribution is 6.30. The zero-order valence-corrected chi connectivity index (χ0v) is 24.8. The number of hydrogen-bond donors (Lipinski definition) is 1. The fraction of sp³-hybridized carbons (Fsp3) is 0.562. The quantitative estimate of drug-likeness (QED) is 0.404. The van der Waals surface area contributed by atoms with Crippen LogP contribution in [0.2, 0.25) is 5.02 Å². The molecule has 4 rings (SSSR count). The van der Waals surface area contributed by atoms with E-state index in [1.807, 2.05) is 36.4 Å². The molecule has 40 heavy (non-hydrogen) atoms. The average molecular weight is 572 g/mol. The van der Waals surface area contributed by atoms with Crippen LogP contribution in [0, 0.1) is 11.8 Å². The highest BCUT2D eigenvalue weighted by Crippen LogP contribution is 2.40. The van der Waals surface area contributed by atoms with Crippen LogP contribution in [0.3, 0.4) is 0 Å². The largest absolute Gasteiger partial charge is 0.487 e. The third kappa shape index (κ3) is 7.70. The molecule has 3 atom stereocenters. The van der Waals surface area contributed by atoms with E-state index in [1.165, 1.54) is 12.7 Å². The number of halogens is 1. The van der Waals surface area contributed by atoms with E-state index in [1.54, 1.807) is 20.8 Å². The van der Waals surface area contributed by atoms with Crippen molar-refractivity contribution in [2.45, 2.75) is 77.4 Å². The number of anilines is 1. The second-order valence-electron chi connectivity index (χ2n) is 12.0.